The molecule has 0 saturated carbocycles. The van der Waals surface area contributed by atoms with E-state index in [-0.39, 0.29) is 0 Å². The van der Waals surface area contributed by atoms with E-state index in [9.17, 15) is 14.7 Å². The number of aliphatic carboxylic acids is 1. The summed E-state index contributed by atoms with van der Waals surface area (Å²) >= 11 is 0. The molecule has 5 N–H and O–H groups in total. The second-order valence-corrected chi connectivity index (χ2v) is 6.37. The molecule has 1 aromatic rings. The summed E-state index contributed by atoms with van der Waals surface area (Å²) < 4.78 is 0. The van der Waals surface area contributed by atoms with Gasteiger partial charge in [-0.1, -0.05) is 0 Å². The van der Waals surface area contributed by atoms with Gasteiger partial charge in [0.05, 0.1) is 0 Å². The molecule has 0 radical (unpaired) electrons. The number of piperidine rings is 1. The van der Waals surface area contributed by atoms with Crippen LogP contribution in [0.4, 0.5) is 16.2 Å². The Morgan fingerprint density at radius 2 is 1.80 bits per heavy atom. The molecule has 0 aromatic heterocycles. The minimum Gasteiger partial charge on any atom is -0.480 e. The molecule has 7 heteroatoms. The first-order chi connectivity index (χ1) is 12.1. The Balaban J connectivity index is 1.85. The highest BCUT2D eigenvalue weighted by atomic mass is 16.4. The van der Waals surface area contributed by atoms with Crippen LogP contribution < -0.4 is 21.3 Å². The van der Waals surface area contributed by atoms with Crippen LogP contribution in [-0.2, 0) is 4.79 Å². The number of nitrogens with zero attached hydrogens (tertiary/aromatic N) is 1. The average molecular weight is 348 g/mol. The maximum atomic E-state index is 12.0. The molecule has 138 valence electrons. The maximum Gasteiger partial charge on any atom is 0.326 e. The van der Waals surface area contributed by atoms with E-state index in [0.29, 0.717) is 25.1 Å². The molecule has 1 aliphatic heterocycles. The lowest BCUT2D eigenvalue weighted by Crippen LogP contribution is -2.43. The fourth-order valence-corrected chi connectivity index (χ4v) is 2.98. The second kappa shape index (κ2) is 9.88. The molecule has 1 atom stereocenters. The van der Waals surface area contributed by atoms with Crippen LogP contribution in [0.5, 0.6) is 0 Å². The standard InChI is InChI=1S/C18H28N4O3/c19-11-3-2-6-16(17(23)24)21-18(25)20-14-7-9-15(10-8-14)22-12-4-1-5-13-22/h7-10,16H,1-6,11-13,19H2,(H,23,24)(H2,20,21,25)/t16-/m0/s1. The molecule has 0 spiro atoms. The minimum absolute atomic E-state index is 0.369. The number of rotatable bonds is 8. The first-order valence-corrected chi connectivity index (χ1v) is 8.95. The number of carboxylic acids is 1. The van der Waals surface area contributed by atoms with Gasteiger partial charge in [-0.15, -0.1) is 0 Å². The molecule has 0 bridgehead atoms. The van der Waals surface area contributed by atoms with Gasteiger partial charge >= 0.3 is 12.0 Å². The number of urea groups is 1. The zero-order chi connectivity index (χ0) is 18.1. The van der Waals surface area contributed by atoms with Gasteiger partial charge in [0.15, 0.2) is 0 Å². The molecule has 2 amide bonds. The largest absolute Gasteiger partial charge is 0.480 e. The fourth-order valence-electron chi connectivity index (χ4n) is 2.98. The van der Waals surface area contributed by atoms with Gasteiger partial charge in [0.25, 0.3) is 0 Å². The summed E-state index contributed by atoms with van der Waals surface area (Å²) in [5.41, 5.74) is 7.20. The summed E-state index contributed by atoms with van der Waals surface area (Å²) in [4.78, 5) is 25.6. The highest BCUT2D eigenvalue weighted by Gasteiger charge is 2.19. The van der Waals surface area contributed by atoms with Gasteiger partial charge in [-0.2, -0.15) is 0 Å². The van der Waals surface area contributed by atoms with E-state index in [0.717, 1.165) is 25.2 Å². The van der Waals surface area contributed by atoms with Crippen LogP contribution in [0.15, 0.2) is 24.3 Å². The molecule has 2 rings (SSSR count). The zero-order valence-electron chi connectivity index (χ0n) is 14.5. The first-order valence-electron chi connectivity index (χ1n) is 8.95. The molecule has 1 saturated heterocycles. The lowest BCUT2D eigenvalue weighted by molar-refractivity contribution is -0.139. The van der Waals surface area contributed by atoms with Crippen LogP contribution >= 0.6 is 0 Å². The molecule has 1 heterocycles. The van der Waals surface area contributed by atoms with Gasteiger partial charge in [-0.3, -0.25) is 0 Å². The molecule has 0 aliphatic carbocycles. The number of nitrogens with one attached hydrogen (secondary N) is 2. The van der Waals surface area contributed by atoms with Crippen molar-refractivity contribution in [3.05, 3.63) is 24.3 Å². The fraction of sp³-hybridized carbons (Fsp3) is 0.556. The lowest BCUT2D eigenvalue weighted by Gasteiger charge is -2.28. The Morgan fingerprint density at radius 3 is 2.40 bits per heavy atom. The number of hydrogen-bond donors (Lipinski definition) is 4. The highest BCUT2D eigenvalue weighted by molar-refractivity contribution is 5.92. The van der Waals surface area contributed by atoms with E-state index >= 15 is 0 Å². The van der Waals surface area contributed by atoms with Crippen molar-refractivity contribution in [2.75, 3.05) is 29.9 Å². The van der Waals surface area contributed by atoms with Crippen molar-refractivity contribution in [1.82, 2.24) is 5.32 Å². The Hall–Kier alpha value is -2.28. The highest BCUT2D eigenvalue weighted by Crippen LogP contribution is 2.21. The smallest absolute Gasteiger partial charge is 0.326 e. The molecule has 0 unspecified atom stereocenters. The SMILES string of the molecule is NCCCC[C@H](NC(=O)Nc1ccc(N2CCCCC2)cc1)C(=O)O. The Kier molecular flexibility index (Phi) is 7.53. The minimum atomic E-state index is -1.03. The third-order valence-electron chi connectivity index (χ3n) is 4.40. The first kappa shape index (κ1) is 19.1. The summed E-state index contributed by atoms with van der Waals surface area (Å²) in [7, 11) is 0. The van der Waals surface area contributed by atoms with E-state index < -0.39 is 18.0 Å². The number of carbonyl (C=O) groups excluding carboxylic acids is 1. The Morgan fingerprint density at radius 1 is 1.12 bits per heavy atom. The van der Waals surface area contributed by atoms with E-state index in [2.05, 4.69) is 15.5 Å². The number of carboxylic acid groups (broad SMARTS) is 1. The number of benzene rings is 1. The van der Waals surface area contributed by atoms with Gasteiger partial charge in [-0.25, -0.2) is 9.59 Å². The molecule has 1 fully saturated rings. The van der Waals surface area contributed by atoms with Crippen LogP contribution in [0.2, 0.25) is 0 Å². The van der Waals surface area contributed by atoms with E-state index in [1.165, 1.54) is 19.3 Å². The average Bonchev–Trinajstić information content (AvgIpc) is 2.62. The van der Waals surface area contributed by atoms with Gasteiger partial charge in [0.2, 0.25) is 0 Å². The quantitative estimate of drug-likeness (QED) is 0.540. The van der Waals surface area contributed by atoms with Crippen molar-refractivity contribution in [1.29, 1.82) is 0 Å². The summed E-state index contributed by atoms with van der Waals surface area (Å²) in [6.45, 7) is 2.65. The Bertz CT molecular complexity index is 556. The summed E-state index contributed by atoms with van der Waals surface area (Å²) in [5, 5.41) is 14.4. The normalized spacial score (nSPS) is 15.5. The molecule has 1 aromatic carbocycles. The van der Waals surface area contributed by atoms with Crippen molar-refractivity contribution in [3.63, 3.8) is 0 Å². The van der Waals surface area contributed by atoms with Crippen LogP contribution in [0.3, 0.4) is 0 Å². The maximum absolute atomic E-state index is 12.0. The molecule has 1 aliphatic rings. The van der Waals surface area contributed by atoms with Crippen LogP contribution in [0, 0.1) is 0 Å². The summed E-state index contributed by atoms with van der Waals surface area (Å²) in [6, 6.07) is 6.24. The van der Waals surface area contributed by atoms with Gasteiger partial charge in [0, 0.05) is 24.5 Å². The van der Waals surface area contributed by atoms with Crippen molar-refractivity contribution in [3.8, 4) is 0 Å². The van der Waals surface area contributed by atoms with Crippen LogP contribution in [0.1, 0.15) is 38.5 Å². The van der Waals surface area contributed by atoms with Gasteiger partial charge < -0.3 is 26.4 Å². The second-order valence-electron chi connectivity index (χ2n) is 6.37. The van der Waals surface area contributed by atoms with E-state index in [4.69, 9.17) is 5.73 Å². The zero-order valence-corrected chi connectivity index (χ0v) is 14.5. The number of hydrogen-bond acceptors (Lipinski definition) is 4. The van der Waals surface area contributed by atoms with Crippen molar-refractivity contribution < 1.29 is 14.7 Å². The number of unbranched alkanes of at least 4 members (excludes halogenated alkanes) is 1. The van der Waals surface area contributed by atoms with Gasteiger partial charge in [0.1, 0.15) is 6.04 Å². The summed E-state index contributed by atoms with van der Waals surface area (Å²) in [6.07, 6.45) is 5.48. The van der Waals surface area contributed by atoms with Crippen molar-refractivity contribution in [2.45, 2.75) is 44.6 Å². The van der Waals surface area contributed by atoms with Crippen molar-refractivity contribution >= 4 is 23.4 Å². The molecule has 25 heavy (non-hydrogen) atoms. The van der Waals surface area contributed by atoms with Gasteiger partial charge in [-0.05, 0) is 69.3 Å². The molecular formula is C18H28N4O3. The predicted molar refractivity (Wildman–Crippen MR) is 99.0 cm³/mol. The predicted octanol–water partition coefficient (Wildman–Crippen LogP) is 2.38. The number of amides is 2. The number of carbonyl (C=O) groups is 2. The third kappa shape index (κ3) is 6.26. The number of anilines is 2. The lowest BCUT2D eigenvalue weighted by atomic mass is 10.1. The number of nitrogens with two attached hydrogens (primary N) is 1. The molecular weight excluding hydrogens is 320 g/mol. The monoisotopic (exact) mass is 348 g/mol. The van der Waals surface area contributed by atoms with Crippen LogP contribution in [0.25, 0.3) is 0 Å². The summed E-state index contributed by atoms with van der Waals surface area (Å²) in [5.74, 6) is -1.03. The van der Waals surface area contributed by atoms with E-state index in [1.807, 2.05) is 24.3 Å². The molecule has 7 nitrogen and oxygen atoms in total. The third-order valence-corrected chi connectivity index (χ3v) is 4.40. The van der Waals surface area contributed by atoms with Crippen molar-refractivity contribution in [2.24, 2.45) is 5.73 Å². The Labute approximate surface area is 148 Å². The topological polar surface area (TPSA) is 108 Å². The van der Waals surface area contributed by atoms with E-state index in [1.54, 1.807) is 0 Å². The van der Waals surface area contributed by atoms with Crippen LogP contribution in [-0.4, -0.2) is 42.8 Å².